The van der Waals surface area contributed by atoms with Gasteiger partial charge < -0.3 is 9.47 Å². The zero-order valence-corrected chi connectivity index (χ0v) is 19.3. The van der Waals surface area contributed by atoms with Crippen LogP contribution in [0.1, 0.15) is 38.2 Å². The van der Waals surface area contributed by atoms with Crippen LogP contribution in [0.2, 0.25) is 0 Å². The quantitative estimate of drug-likeness (QED) is 0.356. The molecule has 0 unspecified atom stereocenters. The van der Waals surface area contributed by atoms with E-state index in [1.165, 1.54) is 35.1 Å². The van der Waals surface area contributed by atoms with Crippen LogP contribution >= 0.6 is 11.3 Å². The molecule has 0 bridgehead atoms. The second kappa shape index (κ2) is 9.58. The Morgan fingerprint density at radius 2 is 1.97 bits per heavy atom. The van der Waals surface area contributed by atoms with Crippen LogP contribution in [0.15, 0.2) is 58.9 Å². The summed E-state index contributed by atoms with van der Waals surface area (Å²) in [5.41, 5.74) is 2.65. The molecule has 0 saturated carbocycles. The third kappa shape index (κ3) is 4.68. The summed E-state index contributed by atoms with van der Waals surface area (Å²) < 4.78 is 13.6. The lowest BCUT2D eigenvalue weighted by molar-refractivity contribution is 0.305. The van der Waals surface area contributed by atoms with Gasteiger partial charge in [0.05, 0.1) is 11.1 Å². The molecule has 6 nitrogen and oxygen atoms in total. The molecular formula is C26H25N3O3S. The predicted octanol–water partition coefficient (Wildman–Crippen LogP) is 4.75. The number of fused-ring (bicyclic) bond motifs is 2. The van der Waals surface area contributed by atoms with E-state index < -0.39 is 0 Å². The Bertz CT molecular complexity index is 1400. The van der Waals surface area contributed by atoms with Gasteiger partial charge in [0.15, 0.2) is 5.82 Å². The second-order valence-corrected chi connectivity index (χ2v) is 9.03. The summed E-state index contributed by atoms with van der Waals surface area (Å²) in [5.74, 6) is 2.23. The highest BCUT2D eigenvalue weighted by Crippen LogP contribution is 2.26. The van der Waals surface area contributed by atoms with Crippen LogP contribution in [-0.2, 0) is 0 Å². The first-order valence-corrected chi connectivity index (χ1v) is 12.1. The number of hydrogen-bond acceptors (Lipinski definition) is 6. The summed E-state index contributed by atoms with van der Waals surface area (Å²) in [5, 5.41) is 4.45. The van der Waals surface area contributed by atoms with Crippen molar-refractivity contribution in [3.8, 4) is 22.9 Å². The van der Waals surface area contributed by atoms with Crippen molar-refractivity contribution in [3.63, 3.8) is 0 Å². The molecule has 33 heavy (non-hydrogen) atoms. The fourth-order valence-electron chi connectivity index (χ4n) is 3.76. The third-order valence-electron chi connectivity index (χ3n) is 5.53. The lowest BCUT2D eigenvalue weighted by Crippen LogP contribution is -2.24. The SMILES string of the molecule is CCCCCCOc1ccc(-c2nc3s/c(=C\C4=Cc5ccccc5OC4)c(=O)n3n2)cc1. The van der Waals surface area contributed by atoms with E-state index in [2.05, 4.69) is 17.0 Å². The molecule has 7 heteroatoms. The molecule has 168 valence electrons. The van der Waals surface area contributed by atoms with E-state index in [-0.39, 0.29) is 5.56 Å². The Morgan fingerprint density at radius 3 is 2.79 bits per heavy atom. The minimum absolute atomic E-state index is 0.166. The molecule has 0 N–H and O–H groups in total. The van der Waals surface area contributed by atoms with Gasteiger partial charge in [0.1, 0.15) is 18.1 Å². The molecule has 0 radical (unpaired) electrons. The number of nitrogens with zero attached hydrogens (tertiary/aromatic N) is 3. The van der Waals surface area contributed by atoms with Gasteiger partial charge in [-0.3, -0.25) is 4.79 Å². The van der Waals surface area contributed by atoms with Crippen molar-refractivity contribution in [1.82, 2.24) is 14.6 Å². The molecule has 0 spiro atoms. The zero-order chi connectivity index (χ0) is 22.6. The summed E-state index contributed by atoms with van der Waals surface area (Å²) in [7, 11) is 0. The van der Waals surface area contributed by atoms with Crippen molar-refractivity contribution in [2.45, 2.75) is 32.6 Å². The number of ether oxygens (including phenoxy) is 2. The van der Waals surface area contributed by atoms with Crippen molar-refractivity contribution in [2.75, 3.05) is 13.2 Å². The maximum absolute atomic E-state index is 12.9. The Balaban J connectivity index is 1.33. The van der Waals surface area contributed by atoms with Gasteiger partial charge in [0, 0.05) is 11.1 Å². The highest BCUT2D eigenvalue weighted by Gasteiger charge is 2.14. The lowest BCUT2D eigenvalue weighted by atomic mass is 10.1. The van der Waals surface area contributed by atoms with E-state index >= 15 is 0 Å². The Kier molecular flexibility index (Phi) is 6.21. The number of benzene rings is 2. The van der Waals surface area contributed by atoms with Gasteiger partial charge in [-0.2, -0.15) is 9.50 Å². The Labute approximate surface area is 195 Å². The normalized spacial score (nSPS) is 13.6. The molecule has 0 fully saturated rings. The van der Waals surface area contributed by atoms with Crippen molar-refractivity contribution >= 4 is 28.4 Å². The van der Waals surface area contributed by atoms with Gasteiger partial charge in [0.2, 0.25) is 4.96 Å². The van der Waals surface area contributed by atoms with Crippen LogP contribution in [0.5, 0.6) is 11.5 Å². The van der Waals surface area contributed by atoms with Gasteiger partial charge in [-0.05, 0) is 54.5 Å². The Hall–Kier alpha value is -3.45. The standard InChI is InChI=1S/C26H25N3O3S/c1-2-3-4-7-14-31-21-12-10-19(11-13-21)24-27-26-29(28-24)25(30)23(33-26)16-18-15-20-8-5-6-9-22(20)32-17-18/h5-6,8-13,15-16H,2-4,7,14,17H2,1H3/b23-16-. The Morgan fingerprint density at radius 1 is 1.12 bits per heavy atom. The minimum atomic E-state index is -0.166. The summed E-state index contributed by atoms with van der Waals surface area (Å²) in [6.45, 7) is 3.36. The molecule has 2 aromatic heterocycles. The van der Waals surface area contributed by atoms with Crippen LogP contribution in [0.25, 0.3) is 28.5 Å². The maximum Gasteiger partial charge on any atom is 0.291 e. The second-order valence-electron chi connectivity index (χ2n) is 8.02. The molecule has 4 aromatic rings. The largest absolute Gasteiger partial charge is 0.494 e. The molecule has 0 saturated heterocycles. The van der Waals surface area contributed by atoms with Gasteiger partial charge >= 0.3 is 0 Å². The summed E-state index contributed by atoms with van der Waals surface area (Å²) in [6, 6.07) is 15.6. The molecule has 1 aliphatic rings. The van der Waals surface area contributed by atoms with Crippen molar-refractivity contribution in [3.05, 3.63) is 74.6 Å². The van der Waals surface area contributed by atoms with Gasteiger partial charge in [-0.15, -0.1) is 5.10 Å². The van der Waals surface area contributed by atoms with E-state index in [4.69, 9.17) is 9.47 Å². The van der Waals surface area contributed by atoms with E-state index in [1.54, 1.807) is 0 Å². The smallest absolute Gasteiger partial charge is 0.291 e. The average Bonchev–Trinajstić information content (AvgIpc) is 3.38. The van der Waals surface area contributed by atoms with Crippen LogP contribution < -0.4 is 19.6 Å². The van der Waals surface area contributed by atoms with Gasteiger partial charge in [-0.25, -0.2) is 0 Å². The summed E-state index contributed by atoms with van der Waals surface area (Å²) in [6.07, 6.45) is 8.63. The van der Waals surface area contributed by atoms with Crippen LogP contribution in [0.3, 0.4) is 0 Å². The predicted molar refractivity (Wildman–Crippen MR) is 132 cm³/mol. The molecule has 0 aliphatic carbocycles. The molecule has 3 heterocycles. The van der Waals surface area contributed by atoms with Crippen molar-refractivity contribution in [2.24, 2.45) is 0 Å². The van der Waals surface area contributed by atoms with Crippen molar-refractivity contribution < 1.29 is 9.47 Å². The summed E-state index contributed by atoms with van der Waals surface area (Å²) in [4.78, 5) is 18.0. The summed E-state index contributed by atoms with van der Waals surface area (Å²) >= 11 is 1.34. The van der Waals surface area contributed by atoms with Crippen LogP contribution in [-0.4, -0.2) is 27.8 Å². The van der Waals surface area contributed by atoms with Gasteiger partial charge in [-0.1, -0.05) is 55.7 Å². The van der Waals surface area contributed by atoms with E-state index in [1.807, 2.05) is 60.7 Å². The minimum Gasteiger partial charge on any atom is -0.494 e. The fraction of sp³-hybridized carbons (Fsp3) is 0.269. The number of thiazole rings is 1. The number of rotatable bonds is 8. The van der Waals surface area contributed by atoms with E-state index in [9.17, 15) is 4.79 Å². The highest BCUT2D eigenvalue weighted by atomic mass is 32.1. The molecule has 2 aromatic carbocycles. The number of aromatic nitrogens is 3. The molecule has 5 rings (SSSR count). The number of para-hydroxylation sites is 1. The molecule has 0 atom stereocenters. The topological polar surface area (TPSA) is 65.7 Å². The third-order valence-corrected chi connectivity index (χ3v) is 6.49. The van der Waals surface area contributed by atoms with Gasteiger partial charge in [0.25, 0.3) is 5.56 Å². The lowest BCUT2D eigenvalue weighted by Gasteiger charge is -2.15. The molecule has 0 amide bonds. The van der Waals surface area contributed by atoms with E-state index in [0.29, 0.717) is 21.9 Å². The van der Waals surface area contributed by atoms with Crippen molar-refractivity contribution in [1.29, 1.82) is 0 Å². The van der Waals surface area contributed by atoms with E-state index in [0.717, 1.165) is 41.2 Å². The van der Waals surface area contributed by atoms with Crippen LogP contribution in [0.4, 0.5) is 0 Å². The maximum atomic E-state index is 12.9. The average molecular weight is 460 g/mol. The molecular weight excluding hydrogens is 434 g/mol. The molecule has 1 aliphatic heterocycles. The number of unbranched alkanes of at least 4 members (excludes halogenated alkanes) is 3. The monoisotopic (exact) mass is 459 g/mol. The van der Waals surface area contributed by atoms with Crippen LogP contribution in [0, 0.1) is 0 Å². The number of hydrogen-bond donors (Lipinski definition) is 0. The first-order valence-electron chi connectivity index (χ1n) is 11.3. The first-order chi connectivity index (χ1) is 16.2. The first kappa shape index (κ1) is 21.4. The highest BCUT2D eigenvalue weighted by molar-refractivity contribution is 7.15. The fourth-order valence-corrected chi connectivity index (χ4v) is 4.68. The zero-order valence-electron chi connectivity index (χ0n) is 18.5.